The molecule has 3 rings (SSSR count). The smallest absolute Gasteiger partial charge is 0.259 e. The minimum Gasteiger partial charge on any atom is -0.492 e. The maximum Gasteiger partial charge on any atom is 0.259 e. The number of nitrogens with zero attached hydrogens (tertiary/aromatic N) is 2. The zero-order chi connectivity index (χ0) is 21.3. The molecule has 7 nitrogen and oxygen atoms in total. The number of thioether (sulfide) groups is 1. The van der Waals surface area contributed by atoms with E-state index in [-0.39, 0.29) is 23.0 Å². The Morgan fingerprint density at radius 3 is 2.50 bits per heavy atom. The first-order valence-electron chi connectivity index (χ1n) is 9.11. The monoisotopic (exact) mass is 426 g/mol. The van der Waals surface area contributed by atoms with E-state index in [2.05, 4.69) is 20.8 Å². The predicted molar refractivity (Wildman–Crippen MR) is 113 cm³/mol. The summed E-state index contributed by atoms with van der Waals surface area (Å²) in [6, 6.07) is 16.0. The molecule has 0 saturated heterocycles. The first kappa shape index (κ1) is 21.3. The Kier molecular flexibility index (Phi) is 7.34. The molecule has 0 bridgehead atoms. The highest BCUT2D eigenvalue weighted by Crippen LogP contribution is 2.24. The summed E-state index contributed by atoms with van der Waals surface area (Å²) < 4.78 is 19.1. The molecule has 0 aliphatic carbocycles. The number of hydrogen-bond donors (Lipinski definition) is 2. The van der Waals surface area contributed by atoms with E-state index in [1.54, 1.807) is 24.3 Å². The highest BCUT2D eigenvalue weighted by molar-refractivity contribution is 7.99. The van der Waals surface area contributed by atoms with Gasteiger partial charge in [-0.25, -0.2) is 4.39 Å². The van der Waals surface area contributed by atoms with Crippen LogP contribution in [0.15, 0.2) is 65.7 Å². The Morgan fingerprint density at radius 1 is 1.00 bits per heavy atom. The largest absolute Gasteiger partial charge is 0.492 e. The number of benzene rings is 2. The van der Waals surface area contributed by atoms with E-state index in [1.807, 2.05) is 19.1 Å². The molecule has 2 aromatic carbocycles. The average molecular weight is 426 g/mol. The third-order valence-electron chi connectivity index (χ3n) is 3.81. The number of halogens is 1. The van der Waals surface area contributed by atoms with Crippen LogP contribution in [0.1, 0.15) is 17.3 Å². The maximum absolute atomic E-state index is 13.7. The second kappa shape index (κ2) is 10.4. The molecule has 30 heavy (non-hydrogen) atoms. The second-order valence-electron chi connectivity index (χ2n) is 5.96. The zero-order valence-electron chi connectivity index (χ0n) is 16.1. The number of ether oxygens (including phenoxy) is 1. The molecule has 0 saturated carbocycles. The highest BCUT2D eigenvalue weighted by Gasteiger charge is 2.12. The molecule has 0 radical (unpaired) electrons. The number of rotatable bonds is 8. The molecule has 1 heterocycles. The number of carbonyl (C=O) groups is 2. The SMILES string of the molecule is CCOc1ccccc1NC(=O)CSc1ccc(NC(=O)c2ccccc2F)nn1. The fraction of sp³-hybridized carbons (Fsp3) is 0.143. The Hall–Kier alpha value is -3.46. The van der Waals surface area contributed by atoms with Crippen LogP contribution >= 0.6 is 11.8 Å². The number of nitrogens with one attached hydrogen (secondary N) is 2. The maximum atomic E-state index is 13.7. The molecule has 0 spiro atoms. The van der Waals surface area contributed by atoms with Crippen LogP contribution in [0.25, 0.3) is 0 Å². The number of hydrogen-bond acceptors (Lipinski definition) is 6. The Labute approximate surface area is 177 Å². The summed E-state index contributed by atoms with van der Waals surface area (Å²) in [6.07, 6.45) is 0. The highest BCUT2D eigenvalue weighted by atomic mass is 32.2. The van der Waals surface area contributed by atoms with Crippen molar-refractivity contribution in [2.45, 2.75) is 11.9 Å². The predicted octanol–water partition coefficient (Wildman–Crippen LogP) is 4.00. The molecule has 3 aromatic rings. The van der Waals surface area contributed by atoms with E-state index in [0.29, 0.717) is 23.1 Å². The topological polar surface area (TPSA) is 93.2 Å². The van der Waals surface area contributed by atoms with E-state index >= 15 is 0 Å². The van der Waals surface area contributed by atoms with E-state index < -0.39 is 11.7 Å². The lowest BCUT2D eigenvalue weighted by Crippen LogP contribution is -2.16. The Bertz CT molecular complexity index is 1030. The third-order valence-corrected chi connectivity index (χ3v) is 4.73. The van der Waals surface area contributed by atoms with Crippen molar-refractivity contribution in [3.63, 3.8) is 0 Å². The number of amides is 2. The van der Waals surface area contributed by atoms with E-state index in [0.717, 1.165) is 0 Å². The van der Waals surface area contributed by atoms with Gasteiger partial charge in [0.05, 0.1) is 23.6 Å². The standard InChI is InChI=1S/C21H19FN4O3S/c1-2-29-17-10-6-5-9-16(17)23-19(27)13-30-20-12-11-18(25-26-20)24-21(28)14-7-3-4-8-15(14)22/h3-12H,2,13H2,1H3,(H,23,27)(H,24,25,28). The van der Waals surface area contributed by atoms with Gasteiger partial charge in [0.2, 0.25) is 5.91 Å². The first-order valence-corrected chi connectivity index (χ1v) is 10.1. The van der Waals surface area contributed by atoms with E-state index in [4.69, 9.17) is 4.74 Å². The molecule has 2 amide bonds. The number of anilines is 2. The molecule has 154 valence electrons. The molecule has 0 fully saturated rings. The van der Waals surface area contributed by atoms with Crippen molar-refractivity contribution in [1.82, 2.24) is 10.2 Å². The summed E-state index contributed by atoms with van der Waals surface area (Å²) in [7, 11) is 0. The van der Waals surface area contributed by atoms with Gasteiger partial charge in [-0.3, -0.25) is 9.59 Å². The lowest BCUT2D eigenvalue weighted by Gasteiger charge is -2.11. The number of para-hydroxylation sites is 2. The van der Waals surface area contributed by atoms with Gasteiger partial charge in [-0.05, 0) is 43.3 Å². The lowest BCUT2D eigenvalue weighted by atomic mass is 10.2. The summed E-state index contributed by atoms with van der Waals surface area (Å²) in [4.78, 5) is 24.3. The van der Waals surface area contributed by atoms with Gasteiger partial charge in [-0.15, -0.1) is 10.2 Å². The summed E-state index contributed by atoms with van der Waals surface area (Å²) in [6.45, 7) is 2.37. The van der Waals surface area contributed by atoms with E-state index in [1.165, 1.54) is 36.0 Å². The van der Waals surface area contributed by atoms with Crippen LogP contribution < -0.4 is 15.4 Å². The molecular weight excluding hydrogens is 407 g/mol. The second-order valence-corrected chi connectivity index (χ2v) is 6.95. The fourth-order valence-electron chi connectivity index (χ4n) is 2.47. The van der Waals surface area contributed by atoms with Gasteiger partial charge in [-0.1, -0.05) is 36.0 Å². The van der Waals surface area contributed by atoms with Gasteiger partial charge in [0.15, 0.2) is 5.82 Å². The minimum absolute atomic E-state index is 0.0817. The van der Waals surface area contributed by atoms with Crippen molar-refractivity contribution in [1.29, 1.82) is 0 Å². The van der Waals surface area contributed by atoms with Gasteiger partial charge < -0.3 is 15.4 Å². The summed E-state index contributed by atoms with van der Waals surface area (Å²) in [5.74, 6) is -0.542. The molecule has 1 aromatic heterocycles. The van der Waals surface area contributed by atoms with Gasteiger partial charge >= 0.3 is 0 Å². The summed E-state index contributed by atoms with van der Waals surface area (Å²) in [5.41, 5.74) is 0.518. The fourth-order valence-corrected chi connectivity index (χ4v) is 3.08. The van der Waals surface area contributed by atoms with Crippen molar-refractivity contribution < 1.29 is 18.7 Å². The number of carbonyl (C=O) groups excluding carboxylic acids is 2. The molecular formula is C21H19FN4O3S. The molecule has 0 aliphatic heterocycles. The number of aromatic nitrogens is 2. The average Bonchev–Trinajstić information content (AvgIpc) is 2.75. The Morgan fingerprint density at radius 2 is 1.77 bits per heavy atom. The zero-order valence-corrected chi connectivity index (χ0v) is 16.9. The third kappa shape index (κ3) is 5.77. The van der Waals surface area contributed by atoms with Gasteiger partial charge in [0.25, 0.3) is 5.91 Å². The minimum atomic E-state index is -0.618. The summed E-state index contributed by atoms with van der Waals surface area (Å²) >= 11 is 1.19. The lowest BCUT2D eigenvalue weighted by molar-refractivity contribution is -0.113. The summed E-state index contributed by atoms with van der Waals surface area (Å²) in [5, 5.41) is 13.7. The van der Waals surface area contributed by atoms with Crippen molar-refractivity contribution in [3.05, 3.63) is 72.0 Å². The van der Waals surface area contributed by atoms with Crippen LogP contribution in [0, 0.1) is 5.82 Å². The Balaban J connectivity index is 1.53. The molecule has 2 N–H and O–H groups in total. The van der Waals surface area contributed by atoms with Crippen LogP contribution in [0.2, 0.25) is 0 Å². The van der Waals surface area contributed by atoms with Crippen LogP contribution in [-0.2, 0) is 4.79 Å². The normalized spacial score (nSPS) is 10.3. The van der Waals surface area contributed by atoms with Gasteiger partial charge in [0, 0.05) is 0 Å². The first-order chi connectivity index (χ1) is 14.6. The molecule has 0 unspecified atom stereocenters. The molecule has 0 aliphatic rings. The van der Waals surface area contributed by atoms with E-state index in [9.17, 15) is 14.0 Å². The molecule has 0 atom stereocenters. The van der Waals surface area contributed by atoms with Gasteiger partial charge in [-0.2, -0.15) is 0 Å². The van der Waals surface area contributed by atoms with Crippen LogP contribution in [-0.4, -0.2) is 34.4 Å². The van der Waals surface area contributed by atoms with Crippen molar-refractivity contribution >= 4 is 35.1 Å². The van der Waals surface area contributed by atoms with Crippen molar-refractivity contribution in [2.75, 3.05) is 23.0 Å². The van der Waals surface area contributed by atoms with Crippen LogP contribution in [0.3, 0.4) is 0 Å². The van der Waals surface area contributed by atoms with Crippen molar-refractivity contribution in [3.8, 4) is 5.75 Å². The van der Waals surface area contributed by atoms with Crippen LogP contribution in [0.4, 0.5) is 15.9 Å². The van der Waals surface area contributed by atoms with Crippen molar-refractivity contribution in [2.24, 2.45) is 0 Å². The molecule has 9 heteroatoms. The van der Waals surface area contributed by atoms with Gasteiger partial charge in [0.1, 0.15) is 16.6 Å². The quantitative estimate of drug-likeness (QED) is 0.529. The van der Waals surface area contributed by atoms with Crippen LogP contribution in [0.5, 0.6) is 5.75 Å².